The molecule has 4 N–H and O–H groups in total. The van der Waals surface area contributed by atoms with Crippen LogP contribution in [0.4, 0.5) is 11.6 Å². The molecule has 70 valence electrons. The molecule has 1 aromatic rings. The van der Waals surface area contributed by atoms with Gasteiger partial charge >= 0.3 is 0 Å². The van der Waals surface area contributed by atoms with E-state index in [1.807, 2.05) is 0 Å². The second-order valence-corrected chi connectivity index (χ2v) is 3.40. The fraction of sp³-hybridized carbons (Fsp3) is 0.500. The van der Waals surface area contributed by atoms with Gasteiger partial charge in [-0.1, -0.05) is 6.92 Å². The van der Waals surface area contributed by atoms with Gasteiger partial charge in [0.25, 0.3) is 0 Å². The van der Waals surface area contributed by atoms with Crippen LogP contribution >= 0.6 is 0 Å². The van der Waals surface area contributed by atoms with Crippen LogP contribution in [0.5, 0.6) is 0 Å². The number of hydrogen-bond acceptors (Lipinski definition) is 5. The van der Waals surface area contributed by atoms with Crippen LogP contribution in [0.25, 0.3) is 0 Å². The lowest BCUT2D eigenvalue weighted by atomic mass is 10.5. The van der Waals surface area contributed by atoms with Crippen molar-refractivity contribution >= 4 is 11.6 Å². The van der Waals surface area contributed by atoms with E-state index in [0.717, 1.165) is 11.7 Å². The van der Waals surface area contributed by atoms with E-state index < -0.39 is 0 Å². The molecule has 1 heterocycles. The minimum Gasteiger partial charge on any atom is -0.366 e. The van der Waals surface area contributed by atoms with Crippen molar-refractivity contribution in [2.24, 2.45) is 11.8 Å². The van der Waals surface area contributed by atoms with Gasteiger partial charge in [-0.25, -0.2) is 10.8 Å². The molecule has 1 fully saturated rings. The number of nitrogens with zero attached hydrogens (tertiary/aromatic N) is 2. The third kappa shape index (κ3) is 1.86. The van der Waals surface area contributed by atoms with Crippen LogP contribution in [0.1, 0.15) is 13.3 Å². The molecule has 0 saturated heterocycles. The molecule has 5 nitrogen and oxygen atoms in total. The van der Waals surface area contributed by atoms with E-state index in [1.54, 1.807) is 12.4 Å². The molecule has 0 amide bonds. The van der Waals surface area contributed by atoms with Crippen molar-refractivity contribution in [1.82, 2.24) is 9.97 Å². The summed E-state index contributed by atoms with van der Waals surface area (Å²) in [5.41, 5.74) is 2.46. The van der Waals surface area contributed by atoms with Gasteiger partial charge in [-0.3, -0.25) is 4.98 Å². The van der Waals surface area contributed by atoms with Crippen molar-refractivity contribution < 1.29 is 0 Å². The van der Waals surface area contributed by atoms with Gasteiger partial charge in [0, 0.05) is 6.04 Å². The van der Waals surface area contributed by atoms with Crippen molar-refractivity contribution in [2.75, 3.05) is 10.7 Å². The van der Waals surface area contributed by atoms with E-state index in [2.05, 4.69) is 27.6 Å². The highest BCUT2D eigenvalue weighted by molar-refractivity contribution is 5.42. The number of rotatable bonds is 3. The molecular formula is C8H13N5. The van der Waals surface area contributed by atoms with Crippen LogP contribution in [0.3, 0.4) is 0 Å². The summed E-state index contributed by atoms with van der Waals surface area (Å²) in [6.07, 6.45) is 4.50. The molecule has 1 saturated carbocycles. The van der Waals surface area contributed by atoms with Crippen molar-refractivity contribution in [2.45, 2.75) is 19.4 Å². The lowest BCUT2D eigenvalue weighted by Gasteiger charge is -2.04. The standard InChI is InChI=1S/C8H13N5/c1-5-2-6(5)11-7-3-10-4-8(12-7)13-9/h3-6H,2,9H2,1H3,(H2,11,12,13). The van der Waals surface area contributed by atoms with Gasteiger partial charge in [0.1, 0.15) is 5.82 Å². The van der Waals surface area contributed by atoms with Crippen LogP contribution in [0.15, 0.2) is 12.4 Å². The quantitative estimate of drug-likeness (QED) is 0.467. The summed E-state index contributed by atoms with van der Waals surface area (Å²) < 4.78 is 0. The van der Waals surface area contributed by atoms with E-state index >= 15 is 0 Å². The fourth-order valence-corrected chi connectivity index (χ4v) is 1.22. The van der Waals surface area contributed by atoms with E-state index in [9.17, 15) is 0 Å². The molecule has 0 bridgehead atoms. The van der Waals surface area contributed by atoms with Gasteiger partial charge in [-0.2, -0.15) is 0 Å². The highest BCUT2D eigenvalue weighted by Crippen LogP contribution is 2.31. The van der Waals surface area contributed by atoms with Crippen LogP contribution in [-0.4, -0.2) is 16.0 Å². The summed E-state index contributed by atoms with van der Waals surface area (Å²) in [5, 5.41) is 3.27. The predicted octanol–water partition coefficient (Wildman–Crippen LogP) is 0.582. The van der Waals surface area contributed by atoms with Crippen molar-refractivity contribution in [3.05, 3.63) is 12.4 Å². The maximum atomic E-state index is 5.21. The second kappa shape index (κ2) is 3.18. The van der Waals surface area contributed by atoms with E-state index in [1.165, 1.54) is 6.42 Å². The van der Waals surface area contributed by atoms with Crippen LogP contribution in [0, 0.1) is 5.92 Å². The van der Waals surface area contributed by atoms with E-state index in [0.29, 0.717) is 11.9 Å². The van der Waals surface area contributed by atoms with Gasteiger partial charge in [-0.15, -0.1) is 0 Å². The first-order chi connectivity index (χ1) is 6.29. The Morgan fingerprint density at radius 2 is 2.15 bits per heavy atom. The molecule has 0 spiro atoms. The Bertz CT molecular complexity index is 300. The minimum absolute atomic E-state index is 0.558. The fourth-order valence-electron chi connectivity index (χ4n) is 1.22. The smallest absolute Gasteiger partial charge is 0.160 e. The third-order valence-electron chi connectivity index (χ3n) is 2.23. The molecule has 0 radical (unpaired) electrons. The van der Waals surface area contributed by atoms with Gasteiger partial charge in [0.05, 0.1) is 12.4 Å². The van der Waals surface area contributed by atoms with Crippen LogP contribution in [-0.2, 0) is 0 Å². The number of hydrogen-bond donors (Lipinski definition) is 3. The van der Waals surface area contributed by atoms with Gasteiger partial charge in [-0.05, 0) is 12.3 Å². The van der Waals surface area contributed by atoms with Crippen LogP contribution in [0.2, 0.25) is 0 Å². The number of hydrazine groups is 1. The highest BCUT2D eigenvalue weighted by atomic mass is 15.3. The van der Waals surface area contributed by atoms with Gasteiger partial charge in [0.2, 0.25) is 0 Å². The first-order valence-corrected chi connectivity index (χ1v) is 4.35. The Hall–Kier alpha value is -1.36. The topological polar surface area (TPSA) is 75.9 Å². The third-order valence-corrected chi connectivity index (χ3v) is 2.23. The number of aromatic nitrogens is 2. The summed E-state index contributed by atoms with van der Waals surface area (Å²) in [5.74, 6) is 7.32. The number of anilines is 2. The summed E-state index contributed by atoms with van der Waals surface area (Å²) in [6.45, 7) is 2.20. The molecule has 1 aliphatic carbocycles. The summed E-state index contributed by atoms with van der Waals surface area (Å²) in [4.78, 5) is 8.19. The molecule has 2 atom stereocenters. The van der Waals surface area contributed by atoms with Crippen LogP contribution < -0.4 is 16.6 Å². The number of nitrogens with one attached hydrogen (secondary N) is 2. The molecule has 2 unspecified atom stereocenters. The summed E-state index contributed by atoms with van der Waals surface area (Å²) in [6, 6.07) is 0.558. The molecule has 0 aliphatic heterocycles. The normalized spacial score (nSPS) is 25.4. The van der Waals surface area contributed by atoms with Gasteiger partial charge in [0.15, 0.2) is 5.82 Å². The molecular weight excluding hydrogens is 166 g/mol. The monoisotopic (exact) mass is 179 g/mol. The Balaban J connectivity index is 2.03. The maximum absolute atomic E-state index is 5.21. The Morgan fingerprint density at radius 3 is 2.77 bits per heavy atom. The molecule has 5 heteroatoms. The van der Waals surface area contributed by atoms with Crippen molar-refractivity contribution in [1.29, 1.82) is 0 Å². The lowest BCUT2D eigenvalue weighted by Crippen LogP contribution is -2.11. The zero-order valence-electron chi connectivity index (χ0n) is 7.49. The number of nitrogen functional groups attached to an aromatic ring is 1. The first kappa shape index (κ1) is 8.25. The maximum Gasteiger partial charge on any atom is 0.160 e. The summed E-state index contributed by atoms with van der Waals surface area (Å²) in [7, 11) is 0. The molecule has 13 heavy (non-hydrogen) atoms. The largest absolute Gasteiger partial charge is 0.366 e. The van der Waals surface area contributed by atoms with Gasteiger partial charge < -0.3 is 10.7 Å². The van der Waals surface area contributed by atoms with E-state index in [-0.39, 0.29) is 0 Å². The molecule has 1 aromatic heterocycles. The predicted molar refractivity (Wildman–Crippen MR) is 51.0 cm³/mol. The average Bonchev–Trinajstić information content (AvgIpc) is 2.82. The Kier molecular flexibility index (Phi) is 2.02. The zero-order valence-corrected chi connectivity index (χ0v) is 7.49. The van der Waals surface area contributed by atoms with E-state index in [4.69, 9.17) is 5.84 Å². The minimum atomic E-state index is 0.558. The highest BCUT2D eigenvalue weighted by Gasteiger charge is 2.32. The number of nitrogens with two attached hydrogens (primary N) is 1. The average molecular weight is 179 g/mol. The zero-order chi connectivity index (χ0) is 9.26. The summed E-state index contributed by atoms with van der Waals surface area (Å²) >= 11 is 0. The molecule has 2 rings (SSSR count). The Labute approximate surface area is 76.7 Å². The first-order valence-electron chi connectivity index (χ1n) is 4.35. The second-order valence-electron chi connectivity index (χ2n) is 3.40. The SMILES string of the molecule is CC1CC1Nc1cncc(NN)n1. The Morgan fingerprint density at radius 1 is 1.46 bits per heavy atom. The molecule has 1 aliphatic rings. The lowest BCUT2D eigenvalue weighted by molar-refractivity contribution is 0.921. The molecule has 0 aromatic carbocycles. The van der Waals surface area contributed by atoms with Crippen molar-refractivity contribution in [3.63, 3.8) is 0 Å². The van der Waals surface area contributed by atoms with Crippen molar-refractivity contribution in [3.8, 4) is 0 Å².